The van der Waals surface area contributed by atoms with Gasteiger partial charge in [-0.3, -0.25) is 0 Å². The minimum absolute atomic E-state index is 0.678. The number of hydrogen-bond donors (Lipinski definition) is 0. The summed E-state index contributed by atoms with van der Waals surface area (Å²) in [5.74, 6) is 0. The topological polar surface area (TPSA) is 4.93 Å². The Morgan fingerprint density at radius 3 is 2.04 bits per heavy atom. The van der Waals surface area contributed by atoms with E-state index in [2.05, 4.69) is 83.3 Å². The highest BCUT2D eigenvalue weighted by atomic mass is 28.3. The van der Waals surface area contributed by atoms with Crippen molar-refractivity contribution in [3.05, 3.63) is 54.8 Å². The summed E-state index contributed by atoms with van der Waals surface area (Å²) in [7, 11) is -1.76. The average Bonchev–Trinajstić information content (AvgIpc) is 2.86. The van der Waals surface area contributed by atoms with Crippen LogP contribution in [0.3, 0.4) is 0 Å². The quantitative estimate of drug-likeness (QED) is 0.377. The average molecular weight is 340 g/mol. The molecule has 0 bridgehead atoms. The van der Waals surface area contributed by atoms with Crippen LogP contribution in [0.2, 0.25) is 16.6 Å². The van der Waals surface area contributed by atoms with E-state index >= 15 is 0 Å². The van der Waals surface area contributed by atoms with E-state index in [1.54, 1.807) is 0 Å². The zero-order valence-electron chi connectivity index (χ0n) is 16.3. The molecule has 130 valence electrons. The van der Waals surface area contributed by atoms with Crippen molar-refractivity contribution in [2.75, 3.05) is 0 Å². The van der Waals surface area contributed by atoms with E-state index in [1.807, 2.05) is 12.2 Å². The Morgan fingerprint density at radius 1 is 1.00 bits per heavy atom. The van der Waals surface area contributed by atoms with Crippen molar-refractivity contribution in [3.63, 3.8) is 0 Å². The van der Waals surface area contributed by atoms with Gasteiger partial charge in [-0.25, -0.2) is 0 Å². The largest absolute Gasteiger partial charge is 0.373 e. The van der Waals surface area contributed by atoms with Crippen molar-refractivity contribution in [1.29, 1.82) is 0 Å². The van der Waals surface area contributed by atoms with Gasteiger partial charge in [0.1, 0.15) is 0 Å². The molecular weight excluding hydrogens is 306 g/mol. The minimum Gasteiger partial charge on any atom is -0.373 e. The number of benzene rings is 1. The molecule has 0 aliphatic carbocycles. The summed E-state index contributed by atoms with van der Waals surface area (Å²) in [6.07, 6.45) is 7.35. The molecular formula is C22H33NSi. The number of rotatable bonds is 7. The van der Waals surface area contributed by atoms with Gasteiger partial charge in [0.2, 0.25) is 0 Å². The number of fused-ring (bicyclic) bond motifs is 1. The van der Waals surface area contributed by atoms with E-state index in [9.17, 15) is 0 Å². The fourth-order valence-electron chi connectivity index (χ4n) is 5.03. The van der Waals surface area contributed by atoms with Crippen LogP contribution in [0.4, 0.5) is 0 Å². The van der Waals surface area contributed by atoms with Crippen LogP contribution in [0.5, 0.6) is 0 Å². The molecule has 24 heavy (non-hydrogen) atoms. The molecule has 2 aromatic rings. The minimum atomic E-state index is -1.76. The first kappa shape index (κ1) is 18.8. The monoisotopic (exact) mass is 339 g/mol. The molecule has 0 aliphatic rings. The Morgan fingerprint density at radius 2 is 1.58 bits per heavy atom. The maximum atomic E-state index is 4.04. The zero-order chi connectivity index (χ0) is 18.1. The van der Waals surface area contributed by atoms with E-state index in [0.29, 0.717) is 16.6 Å². The predicted molar refractivity (Wildman–Crippen MR) is 112 cm³/mol. The van der Waals surface area contributed by atoms with Crippen LogP contribution < -0.4 is 0 Å². The summed E-state index contributed by atoms with van der Waals surface area (Å²) < 4.78 is 2.70. The summed E-state index contributed by atoms with van der Waals surface area (Å²) in [6.45, 7) is 22.5. The zero-order valence-corrected chi connectivity index (χ0v) is 17.3. The number of hydrogen-bond acceptors (Lipinski definition) is 0. The van der Waals surface area contributed by atoms with Gasteiger partial charge in [0.15, 0.2) is 8.24 Å². The van der Waals surface area contributed by atoms with Gasteiger partial charge in [0.25, 0.3) is 0 Å². The normalized spacial score (nSPS) is 12.5. The van der Waals surface area contributed by atoms with Crippen molar-refractivity contribution >= 4 is 25.2 Å². The molecule has 0 spiro atoms. The second kappa shape index (κ2) is 7.14. The highest BCUT2D eigenvalue weighted by Crippen LogP contribution is 2.45. The maximum absolute atomic E-state index is 4.04. The number of aromatic nitrogens is 1. The van der Waals surface area contributed by atoms with E-state index in [1.165, 1.54) is 22.0 Å². The molecule has 0 fully saturated rings. The van der Waals surface area contributed by atoms with E-state index in [-0.39, 0.29) is 0 Å². The Labute approximate surface area is 149 Å². The highest BCUT2D eigenvalue weighted by molar-refractivity contribution is 6.82. The fraction of sp³-hybridized carbons (Fsp3) is 0.455. The Bertz CT molecular complexity index is 712. The third-order valence-corrected chi connectivity index (χ3v) is 12.5. The summed E-state index contributed by atoms with van der Waals surface area (Å²) >= 11 is 0. The van der Waals surface area contributed by atoms with Gasteiger partial charge in [-0.05, 0) is 46.4 Å². The molecule has 0 atom stereocenters. The summed E-state index contributed by atoms with van der Waals surface area (Å²) in [6, 6.07) is 6.65. The Balaban J connectivity index is 2.94. The number of nitrogens with zero attached hydrogens (tertiary/aromatic N) is 1. The van der Waals surface area contributed by atoms with Crippen LogP contribution in [0.15, 0.2) is 43.6 Å². The van der Waals surface area contributed by atoms with E-state index < -0.39 is 8.24 Å². The smallest absolute Gasteiger partial charge is 0.169 e. The molecule has 0 N–H and O–H groups in total. The van der Waals surface area contributed by atoms with Gasteiger partial charge < -0.3 is 4.23 Å². The summed E-state index contributed by atoms with van der Waals surface area (Å²) in [4.78, 5) is 0. The molecule has 1 nitrogen and oxygen atoms in total. The third kappa shape index (κ3) is 2.71. The maximum Gasteiger partial charge on any atom is 0.169 e. The van der Waals surface area contributed by atoms with Gasteiger partial charge in [0.05, 0.1) is 0 Å². The van der Waals surface area contributed by atoms with Gasteiger partial charge >= 0.3 is 0 Å². The summed E-state index contributed by atoms with van der Waals surface area (Å²) in [5, 5.41) is 1.37. The van der Waals surface area contributed by atoms with Crippen LogP contribution in [0.1, 0.15) is 52.7 Å². The molecule has 0 saturated heterocycles. The molecule has 0 amide bonds. The Hall–Kier alpha value is -1.54. The first-order chi connectivity index (χ1) is 11.3. The molecule has 1 heterocycles. The van der Waals surface area contributed by atoms with Crippen LogP contribution in [0, 0.1) is 0 Å². The number of allylic oxidation sites excluding steroid dienone is 1. The molecule has 0 unspecified atom stereocenters. The van der Waals surface area contributed by atoms with Crippen LogP contribution >= 0.6 is 0 Å². The molecule has 2 rings (SSSR count). The second-order valence-electron chi connectivity index (χ2n) is 7.81. The lowest BCUT2D eigenvalue weighted by Crippen LogP contribution is -2.51. The lowest BCUT2D eigenvalue weighted by molar-refractivity contribution is 0.772. The predicted octanol–water partition coefficient (Wildman–Crippen LogP) is 7.04. The van der Waals surface area contributed by atoms with Gasteiger partial charge in [-0.2, -0.15) is 0 Å². The van der Waals surface area contributed by atoms with E-state index in [0.717, 1.165) is 6.42 Å². The van der Waals surface area contributed by atoms with Crippen molar-refractivity contribution in [1.82, 2.24) is 4.23 Å². The first-order valence-corrected chi connectivity index (χ1v) is 11.4. The molecule has 0 saturated carbocycles. The van der Waals surface area contributed by atoms with Gasteiger partial charge in [-0.15, -0.1) is 6.58 Å². The lowest BCUT2D eigenvalue weighted by atomic mass is 10.0. The molecule has 0 aliphatic heterocycles. The lowest BCUT2D eigenvalue weighted by Gasteiger charge is -2.44. The van der Waals surface area contributed by atoms with Gasteiger partial charge in [0, 0.05) is 10.9 Å². The second-order valence-corrected chi connectivity index (χ2v) is 13.5. The van der Waals surface area contributed by atoms with Gasteiger partial charge in [-0.1, -0.05) is 72.4 Å². The molecule has 1 aromatic carbocycles. The molecule has 2 heteroatoms. The highest BCUT2D eigenvalue weighted by Gasteiger charge is 2.46. The van der Waals surface area contributed by atoms with Crippen LogP contribution in [-0.4, -0.2) is 12.5 Å². The van der Waals surface area contributed by atoms with Crippen LogP contribution in [-0.2, 0) is 6.42 Å². The molecule has 1 aromatic heterocycles. The third-order valence-electron chi connectivity index (χ3n) is 5.72. The van der Waals surface area contributed by atoms with Crippen molar-refractivity contribution < 1.29 is 0 Å². The van der Waals surface area contributed by atoms with E-state index in [4.69, 9.17) is 0 Å². The van der Waals surface area contributed by atoms with Crippen molar-refractivity contribution in [3.8, 4) is 0 Å². The van der Waals surface area contributed by atoms with Crippen molar-refractivity contribution in [2.45, 2.75) is 64.6 Å². The molecule has 0 radical (unpaired) electrons. The first-order valence-electron chi connectivity index (χ1n) is 9.19. The SMILES string of the molecule is C=CCc1cn([Si](C(C)C)(C(C)C)C(C)C)c2cccc(C=C)c12. The standard InChI is InChI=1S/C22H33NSi/c1-9-12-20-15-23(21-14-11-13-19(10-2)22(20)21)24(16(3)4,17(5)6)18(7)8/h9-11,13-18H,1-2,12H2,3-8H3. The Kier molecular flexibility index (Phi) is 5.59. The van der Waals surface area contributed by atoms with Crippen LogP contribution in [0.25, 0.3) is 17.0 Å². The summed E-state index contributed by atoms with van der Waals surface area (Å²) in [5.41, 5.74) is 6.04. The fourth-order valence-corrected chi connectivity index (χ4v) is 11.7. The van der Waals surface area contributed by atoms with Crippen molar-refractivity contribution in [2.24, 2.45) is 0 Å².